The van der Waals surface area contributed by atoms with Gasteiger partial charge >= 0.3 is 0 Å². The molecule has 5 heteroatoms. The number of rotatable bonds is 4. The molecule has 1 saturated heterocycles. The van der Waals surface area contributed by atoms with E-state index in [9.17, 15) is 4.79 Å². The van der Waals surface area contributed by atoms with Crippen LogP contribution in [0.2, 0.25) is 0 Å². The van der Waals surface area contributed by atoms with Gasteiger partial charge in [-0.05, 0) is 87.9 Å². The zero-order chi connectivity index (χ0) is 21.6. The van der Waals surface area contributed by atoms with Gasteiger partial charge < -0.3 is 9.88 Å². The summed E-state index contributed by atoms with van der Waals surface area (Å²) in [6, 6.07) is 9.45. The fraction of sp³-hybridized carbons (Fsp3) is 0.520. The van der Waals surface area contributed by atoms with Crippen molar-refractivity contribution in [2.75, 3.05) is 13.1 Å². The van der Waals surface area contributed by atoms with Gasteiger partial charge in [-0.2, -0.15) is 5.10 Å². The SMILES string of the molecule is Cc1cc(-c2[nH]c3ccc(C4CCN(C(C)C)CC4)cc3c2C(C)C)nn(C)c1=O. The average Bonchev–Trinajstić information content (AvgIpc) is 3.10. The summed E-state index contributed by atoms with van der Waals surface area (Å²) in [5, 5.41) is 5.84. The van der Waals surface area contributed by atoms with Crippen molar-refractivity contribution in [3.8, 4) is 11.4 Å². The van der Waals surface area contributed by atoms with E-state index < -0.39 is 0 Å². The second-order valence-corrected chi connectivity index (χ2v) is 9.42. The Morgan fingerprint density at radius 1 is 1.10 bits per heavy atom. The normalized spacial score (nSPS) is 16.3. The van der Waals surface area contributed by atoms with Gasteiger partial charge in [-0.15, -0.1) is 0 Å². The van der Waals surface area contributed by atoms with E-state index in [2.05, 4.69) is 60.9 Å². The number of likely N-dealkylation sites (tertiary alicyclic amines) is 1. The van der Waals surface area contributed by atoms with E-state index in [-0.39, 0.29) is 5.56 Å². The summed E-state index contributed by atoms with van der Waals surface area (Å²) < 4.78 is 1.44. The Morgan fingerprint density at radius 3 is 2.40 bits per heavy atom. The lowest BCUT2D eigenvalue weighted by Gasteiger charge is -2.34. The topological polar surface area (TPSA) is 53.9 Å². The van der Waals surface area contributed by atoms with Gasteiger partial charge in [0.15, 0.2) is 0 Å². The Kier molecular flexibility index (Phi) is 5.58. The maximum Gasteiger partial charge on any atom is 0.269 e. The fourth-order valence-electron chi connectivity index (χ4n) is 4.92. The summed E-state index contributed by atoms with van der Waals surface area (Å²) >= 11 is 0. The largest absolute Gasteiger partial charge is 0.353 e. The van der Waals surface area contributed by atoms with Crippen molar-refractivity contribution < 1.29 is 0 Å². The zero-order valence-corrected chi connectivity index (χ0v) is 19.1. The van der Waals surface area contributed by atoms with Crippen LogP contribution in [0.3, 0.4) is 0 Å². The van der Waals surface area contributed by atoms with Crippen molar-refractivity contribution in [3.63, 3.8) is 0 Å². The summed E-state index contributed by atoms with van der Waals surface area (Å²) in [4.78, 5) is 18.3. The maximum atomic E-state index is 12.1. The third-order valence-electron chi connectivity index (χ3n) is 6.67. The van der Waals surface area contributed by atoms with Crippen LogP contribution in [0.15, 0.2) is 29.1 Å². The first-order chi connectivity index (χ1) is 14.3. The van der Waals surface area contributed by atoms with Gasteiger partial charge in [-0.25, -0.2) is 4.68 Å². The molecule has 1 N–H and O–H groups in total. The Bertz CT molecular complexity index is 1090. The minimum atomic E-state index is -0.0454. The molecule has 0 aliphatic carbocycles. The predicted octanol–water partition coefficient (Wildman–Crippen LogP) is 4.95. The van der Waals surface area contributed by atoms with E-state index in [0.717, 1.165) is 16.9 Å². The lowest BCUT2D eigenvalue weighted by atomic mass is 9.87. The first-order valence-electron chi connectivity index (χ1n) is 11.2. The highest BCUT2D eigenvalue weighted by molar-refractivity contribution is 5.91. The van der Waals surface area contributed by atoms with Crippen LogP contribution in [0.5, 0.6) is 0 Å². The molecular formula is C25H34N4O. The zero-order valence-electron chi connectivity index (χ0n) is 19.1. The van der Waals surface area contributed by atoms with Crippen molar-refractivity contribution in [1.29, 1.82) is 0 Å². The van der Waals surface area contributed by atoms with Crippen molar-refractivity contribution in [1.82, 2.24) is 19.7 Å². The van der Waals surface area contributed by atoms with E-state index >= 15 is 0 Å². The molecule has 5 nitrogen and oxygen atoms in total. The standard InChI is InChI=1S/C25H34N4O/c1-15(2)23-20-14-19(18-9-11-29(12-10-18)16(3)4)7-8-21(20)26-24(23)22-13-17(5)25(30)28(6)27-22/h7-8,13-16,18,26H,9-12H2,1-6H3. The monoisotopic (exact) mass is 406 g/mol. The molecule has 0 saturated carbocycles. The highest BCUT2D eigenvalue weighted by Gasteiger charge is 2.24. The van der Waals surface area contributed by atoms with Gasteiger partial charge in [-0.1, -0.05) is 19.9 Å². The third kappa shape index (κ3) is 3.71. The van der Waals surface area contributed by atoms with Gasteiger partial charge in [0.2, 0.25) is 0 Å². The van der Waals surface area contributed by atoms with Crippen LogP contribution < -0.4 is 5.56 Å². The van der Waals surface area contributed by atoms with E-state index in [1.165, 1.54) is 47.1 Å². The molecule has 0 bridgehead atoms. The van der Waals surface area contributed by atoms with Crippen LogP contribution in [0.1, 0.15) is 69.1 Å². The second-order valence-electron chi connectivity index (χ2n) is 9.42. The Hall–Kier alpha value is -2.40. The van der Waals surface area contributed by atoms with Crippen LogP contribution in [0, 0.1) is 6.92 Å². The Morgan fingerprint density at radius 2 is 1.80 bits per heavy atom. The number of nitrogens with zero attached hydrogens (tertiary/aromatic N) is 3. The van der Waals surface area contributed by atoms with E-state index in [1.807, 2.05) is 13.0 Å². The number of fused-ring (bicyclic) bond motifs is 1. The minimum Gasteiger partial charge on any atom is -0.353 e. The van der Waals surface area contributed by atoms with Crippen molar-refractivity contribution in [2.24, 2.45) is 7.05 Å². The van der Waals surface area contributed by atoms with Gasteiger partial charge in [0.05, 0.1) is 5.69 Å². The first-order valence-corrected chi connectivity index (χ1v) is 11.2. The summed E-state index contributed by atoms with van der Waals surface area (Å²) in [7, 11) is 1.72. The van der Waals surface area contributed by atoms with Crippen molar-refractivity contribution in [3.05, 3.63) is 51.3 Å². The predicted molar refractivity (Wildman–Crippen MR) is 124 cm³/mol. The molecule has 0 atom stereocenters. The molecule has 30 heavy (non-hydrogen) atoms. The summed E-state index contributed by atoms with van der Waals surface area (Å²) in [6.07, 6.45) is 2.44. The Labute approximate surface area is 179 Å². The number of hydrogen-bond donors (Lipinski definition) is 1. The van der Waals surface area contributed by atoms with Crippen LogP contribution in [0.4, 0.5) is 0 Å². The molecular weight excluding hydrogens is 372 g/mol. The molecule has 1 aliphatic rings. The number of aryl methyl sites for hydroxylation is 2. The molecule has 0 spiro atoms. The first kappa shape index (κ1) is 20.9. The lowest BCUT2D eigenvalue weighted by molar-refractivity contribution is 0.172. The van der Waals surface area contributed by atoms with E-state index in [1.54, 1.807) is 7.05 Å². The van der Waals surface area contributed by atoms with Crippen molar-refractivity contribution >= 4 is 10.9 Å². The number of aromatic amines is 1. The summed E-state index contributed by atoms with van der Waals surface area (Å²) in [6.45, 7) is 13.2. The van der Waals surface area contributed by atoms with E-state index in [0.29, 0.717) is 23.4 Å². The van der Waals surface area contributed by atoms with Crippen LogP contribution in [-0.2, 0) is 7.05 Å². The molecule has 160 valence electrons. The number of H-pyrrole nitrogens is 1. The quantitative estimate of drug-likeness (QED) is 0.667. The molecule has 3 aromatic rings. The molecule has 1 aromatic carbocycles. The smallest absolute Gasteiger partial charge is 0.269 e. The minimum absolute atomic E-state index is 0.0454. The summed E-state index contributed by atoms with van der Waals surface area (Å²) in [5.41, 5.74) is 6.42. The number of hydrogen-bond acceptors (Lipinski definition) is 3. The number of nitrogens with one attached hydrogen (secondary N) is 1. The second kappa shape index (κ2) is 8.03. The molecule has 0 unspecified atom stereocenters. The van der Waals surface area contributed by atoms with Crippen LogP contribution in [0.25, 0.3) is 22.3 Å². The molecule has 0 amide bonds. The van der Waals surface area contributed by atoms with Crippen LogP contribution in [-0.4, -0.2) is 38.8 Å². The fourth-order valence-corrected chi connectivity index (χ4v) is 4.92. The molecule has 1 fully saturated rings. The third-order valence-corrected chi connectivity index (χ3v) is 6.67. The maximum absolute atomic E-state index is 12.1. The summed E-state index contributed by atoms with van der Waals surface area (Å²) in [5.74, 6) is 0.979. The van der Waals surface area contributed by atoms with Crippen LogP contribution >= 0.6 is 0 Å². The molecule has 1 aliphatic heterocycles. The number of piperidine rings is 1. The molecule has 3 heterocycles. The van der Waals surface area contributed by atoms with Gasteiger partial charge in [0.1, 0.15) is 5.69 Å². The molecule has 4 rings (SSSR count). The average molecular weight is 407 g/mol. The highest BCUT2D eigenvalue weighted by Crippen LogP contribution is 2.37. The Balaban J connectivity index is 1.76. The molecule has 2 aromatic heterocycles. The van der Waals surface area contributed by atoms with Gasteiger partial charge in [0.25, 0.3) is 5.56 Å². The van der Waals surface area contributed by atoms with E-state index in [4.69, 9.17) is 0 Å². The van der Waals surface area contributed by atoms with Gasteiger partial charge in [-0.3, -0.25) is 4.79 Å². The molecule has 0 radical (unpaired) electrons. The highest BCUT2D eigenvalue weighted by atomic mass is 16.1. The number of aromatic nitrogens is 3. The van der Waals surface area contributed by atoms with Crippen molar-refractivity contribution in [2.45, 2.75) is 65.3 Å². The van der Waals surface area contributed by atoms with Gasteiger partial charge in [0, 0.05) is 29.6 Å². The number of benzene rings is 1. The lowest BCUT2D eigenvalue weighted by Crippen LogP contribution is -2.37.